The summed E-state index contributed by atoms with van der Waals surface area (Å²) < 4.78 is 2.00. The summed E-state index contributed by atoms with van der Waals surface area (Å²) >= 11 is 1.37. The van der Waals surface area contributed by atoms with Crippen LogP contribution in [-0.2, 0) is 6.54 Å². The number of benzene rings is 3. The molecule has 1 N–H and O–H groups in total. The fourth-order valence-corrected chi connectivity index (χ4v) is 4.04. The molecular weight excluding hydrogens is 426 g/mol. The lowest BCUT2D eigenvalue weighted by molar-refractivity contribution is -0.384. The summed E-state index contributed by atoms with van der Waals surface area (Å²) in [6.07, 6.45) is 1.58. The molecule has 1 heterocycles. The Bertz CT molecular complexity index is 1270. The monoisotopic (exact) mass is 445 g/mol. The molecule has 3 aromatic carbocycles. The number of rotatable bonds is 7. The van der Waals surface area contributed by atoms with Gasteiger partial charge in [0.1, 0.15) is 5.75 Å². The fraction of sp³-hybridized carbons (Fsp3) is 0.0870. The first-order chi connectivity index (χ1) is 15.5. The highest BCUT2D eigenvalue weighted by Gasteiger charge is 2.17. The summed E-state index contributed by atoms with van der Waals surface area (Å²) in [4.78, 5) is 16.0. The number of aromatic nitrogens is 3. The van der Waals surface area contributed by atoms with Crippen LogP contribution in [0, 0.1) is 10.1 Å². The van der Waals surface area contributed by atoms with Crippen molar-refractivity contribution >= 4 is 29.4 Å². The molecule has 160 valence electrons. The van der Waals surface area contributed by atoms with E-state index in [1.54, 1.807) is 24.4 Å². The van der Waals surface area contributed by atoms with E-state index in [4.69, 9.17) is 0 Å². The van der Waals surface area contributed by atoms with Crippen LogP contribution in [0.15, 0.2) is 87.8 Å². The predicted octanol–water partition coefficient (Wildman–Crippen LogP) is 5.48. The average molecular weight is 446 g/mol. The summed E-state index contributed by atoms with van der Waals surface area (Å²) in [7, 11) is 0. The average Bonchev–Trinajstić information content (AvgIpc) is 3.22. The molecular formula is C23H19N5O3S. The van der Waals surface area contributed by atoms with Crippen LogP contribution < -0.4 is 0 Å². The number of nitro groups is 1. The standard InChI is InChI=1S/C23H19N5O3S/c1-2-27-22(16-6-4-3-5-7-16)25-26-23(27)32-21-13-10-19(28(30)31)14-17(21)15-24-18-8-11-20(29)12-9-18/h3-15,29H,2H2,1H3. The van der Waals surface area contributed by atoms with Crippen LogP contribution in [0.25, 0.3) is 11.4 Å². The van der Waals surface area contributed by atoms with Crippen molar-refractivity contribution in [3.63, 3.8) is 0 Å². The molecule has 8 nitrogen and oxygen atoms in total. The van der Waals surface area contributed by atoms with Gasteiger partial charge in [0.2, 0.25) is 0 Å². The first-order valence-electron chi connectivity index (χ1n) is 9.83. The normalized spacial score (nSPS) is 11.2. The van der Waals surface area contributed by atoms with Gasteiger partial charge in [0.05, 0.1) is 10.6 Å². The maximum atomic E-state index is 11.3. The first kappa shape index (κ1) is 21.3. The SMILES string of the molecule is CCn1c(Sc2ccc([N+](=O)[O-])cc2C=Nc2ccc(O)cc2)nnc1-c1ccccc1. The molecule has 0 unspecified atom stereocenters. The number of aliphatic imine (C=N–C) groups is 1. The van der Waals surface area contributed by atoms with Crippen LogP contribution in [0.1, 0.15) is 12.5 Å². The number of hydrogen-bond acceptors (Lipinski definition) is 7. The molecule has 9 heteroatoms. The van der Waals surface area contributed by atoms with E-state index in [-0.39, 0.29) is 11.4 Å². The van der Waals surface area contributed by atoms with Gasteiger partial charge in [-0.05, 0) is 49.0 Å². The van der Waals surface area contributed by atoms with Gasteiger partial charge in [0.15, 0.2) is 11.0 Å². The van der Waals surface area contributed by atoms with Crippen molar-refractivity contribution in [1.29, 1.82) is 0 Å². The van der Waals surface area contributed by atoms with Gasteiger partial charge < -0.3 is 9.67 Å². The minimum atomic E-state index is -0.436. The van der Waals surface area contributed by atoms with Gasteiger partial charge in [0.25, 0.3) is 5.69 Å². The molecule has 0 aliphatic heterocycles. The Kier molecular flexibility index (Phi) is 6.27. The first-order valence-corrected chi connectivity index (χ1v) is 10.6. The van der Waals surface area contributed by atoms with Crippen molar-refractivity contribution in [1.82, 2.24) is 14.8 Å². The maximum absolute atomic E-state index is 11.3. The van der Waals surface area contributed by atoms with Gasteiger partial charge in [-0.15, -0.1) is 10.2 Å². The third kappa shape index (κ3) is 4.68. The van der Waals surface area contributed by atoms with Crippen LogP contribution in [0.5, 0.6) is 5.75 Å². The summed E-state index contributed by atoms with van der Waals surface area (Å²) in [6, 6.07) is 20.8. The molecule has 0 atom stereocenters. The molecule has 0 spiro atoms. The van der Waals surface area contributed by atoms with Gasteiger partial charge in [-0.1, -0.05) is 30.3 Å². The molecule has 0 aliphatic carbocycles. The topological polar surface area (TPSA) is 106 Å². The van der Waals surface area contributed by atoms with Crippen LogP contribution in [0.2, 0.25) is 0 Å². The number of phenols is 1. The molecule has 0 bridgehead atoms. The van der Waals surface area contributed by atoms with Gasteiger partial charge in [0, 0.05) is 40.9 Å². The Morgan fingerprint density at radius 3 is 2.53 bits per heavy atom. The predicted molar refractivity (Wildman–Crippen MR) is 124 cm³/mol. The van der Waals surface area contributed by atoms with Crippen molar-refractivity contribution < 1.29 is 10.0 Å². The molecule has 32 heavy (non-hydrogen) atoms. The molecule has 1 aromatic heterocycles. The Balaban J connectivity index is 1.70. The Labute approximate surface area is 188 Å². The Morgan fingerprint density at radius 2 is 1.84 bits per heavy atom. The van der Waals surface area contributed by atoms with E-state index >= 15 is 0 Å². The number of nitrogens with zero attached hydrogens (tertiary/aromatic N) is 5. The lowest BCUT2D eigenvalue weighted by atomic mass is 10.2. The van der Waals surface area contributed by atoms with E-state index in [1.807, 2.05) is 41.8 Å². The van der Waals surface area contributed by atoms with Crippen molar-refractivity contribution in [3.05, 3.63) is 88.5 Å². The Hall–Kier alpha value is -3.98. The Morgan fingerprint density at radius 1 is 1.09 bits per heavy atom. The summed E-state index contributed by atoms with van der Waals surface area (Å²) in [5, 5.41) is 30.1. The summed E-state index contributed by atoms with van der Waals surface area (Å²) in [5.41, 5.74) is 2.15. The van der Waals surface area contributed by atoms with Gasteiger partial charge in [-0.25, -0.2) is 0 Å². The fourth-order valence-electron chi connectivity index (χ4n) is 3.07. The van der Waals surface area contributed by atoms with Gasteiger partial charge in [-0.3, -0.25) is 15.1 Å². The molecule has 0 saturated heterocycles. The quantitative estimate of drug-likeness (QED) is 0.229. The van der Waals surface area contributed by atoms with Crippen LogP contribution >= 0.6 is 11.8 Å². The molecule has 0 amide bonds. The maximum Gasteiger partial charge on any atom is 0.270 e. The third-order valence-electron chi connectivity index (χ3n) is 4.67. The van der Waals surface area contributed by atoms with Gasteiger partial charge in [-0.2, -0.15) is 0 Å². The third-order valence-corrected chi connectivity index (χ3v) is 5.75. The van der Waals surface area contributed by atoms with Crippen molar-refractivity contribution in [2.24, 2.45) is 4.99 Å². The zero-order valence-electron chi connectivity index (χ0n) is 17.1. The zero-order chi connectivity index (χ0) is 22.5. The van der Waals surface area contributed by atoms with E-state index < -0.39 is 4.92 Å². The minimum Gasteiger partial charge on any atom is -0.508 e. The number of aromatic hydroxyl groups is 1. The second kappa shape index (κ2) is 9.44. The highest BCUT2D eigenvalue weighted by atomic mass is 32.2. The molecule has 0 aliphatic rings. The van der Waals surface area contributed by atoms with Crippen molar-refractivity contribution in [2.75, 3.05) is 0 Å². The highest BCUT2D eigenvalue weighted by molar-refractivity contribution is 7.99. The second-order valence-corrected chi connectivity index (χ2v) is 7.78. The number of phenolic OH excluding ortho intramolecular Hbond substituents is 1. The summed E-state index contributed by atoms with van der Waals surface area (Å²) in [6.45, 7) is 2.69. The van der Waals surface area contributed by atoms with Gasteiger partial charge >= 0.3 is 0 Å². The van der Waals surface area contributed by atoms with Crippen LogP contribution in [0.4, 0.5) is 11.4 Å². The lowest BCUT2D eigenvalue weighted by Gasteiger charge is -2.09. The summed E-state index contributed by atoms with van der Waals surface area (Å²) in [5.74, 6) is 0.903. The highest BCUT2D eigenvalue weighted by Crippen LogP contribution is 2.33. The van der Waals surface area contributed by atoms with E-state index in [0.717, 1.165) is 16.3 Å². The zero-order valence-corrected chi connectivity index (χ0v) is 17.9. The van der Waals surface area contributed by atoms with E-state index in [2.05, 4.69) is 15.2 Å². The van der Waals surface area contributed by atoms with E-state index in [0.29, 0.717) is 23.0 Å². The smallest absolute Gasteiger partial charge is 0.270 e. The molecule has 4 rings (SSSR count). The molecule has 0 fully saturated rings. The second-order valence-electron chi connectivity index (χ2n) is 6.77. The van der Waals surface area contributed by atoms with Crippen molar-refractivity contribution in [2.45, 2.75) is 23.5 Å². The number of non-ortho nitro benzene ring substituents is 1. The molecule has 0 saturated carbocycles. The van der Waals surface area contributed by atoms with Crippen LogP contribution in [0.3, 0.4) is 0 Å². The molecule has 4 aromatic rings. The number of hydrogen-bond donors (Lipinski definition) is 1. The van der Waals surface area contributed by atoms with Crippen LogP contribution in [-0.4, -0.2) is 31.0 Å². The minimum absolute atomic E-state index is 0.0246. The lowest BCUT2D eigenvalue weighted by Crippen LogP contribution is -2.00. The largest absolute Gasteiger partial charge is 0.508 e. The van der Waals surface area contributed by atoms with E-state index in [9.17, 15) is 15.2 Å². The molecule has 0 radical (unpaired) electrons. The number of nitro benzene ring substituents is 1. The van der Waals surface area contributed by atoms with E-state index in [1.165, 1.54) is 36.0 Å². The van der Waals surface area contributed by atoms with Crippen molar-refractivity contribution in [3.8, 4) is 17.1 Å².